The molecule has 3 saturated carbocycles. The summed E-state index contributed by atoms with van der Waals surface area (Å²) in [6.07, 6.45) is 8.57. The van der Waals surface area contributed by atoms with E-state index < -0.39 is 5.82 Å². The van der Waals surface area contributed by atoms with E-state index >= 15 is 4.39 Å². The number of fused-ring (bicyclic) bond motifs is 4. The van der Waals surface area contributed by atoms with Gasteiger partial charge >= 0.3 is 0 Å². The van der Waals surface area contributed by atoms with Gasteiger partial charge in [-0.3, -0.25) is 4.79 Å². The Morgan fingerprint density at radius 3 is 2.68 bits per heavy atom. The van der Waals surface area contributed by atoms with E-state index in [1.807, 2.05) is 11.8 Å². The van der Waals surface area contributed by atoms with Crippen molar-refractivity contribution in [3.63, 3.8) is 0 Å². The lowest BCUT2D eigenvalue weighted by Gasteiger charge is -2.27. The van der Waals surface area contributed by atoms with Crippen molar-refractivity contribution in [1.29, 1.82) is 0 Å². The number of nitrogens with zero attached hydrogens (tertiary/aromatic N) is 5. The van der Waals surface area contributed by atoms with Crippen LogP contribution in [-0.2, 0) is 6.54 Å². The Bertz CT molecular complexity index is 1600. The zero-order valence-corrected chi connectivity index (χ0v) is 21.0. The van der Waals surface area contributed by atoms with Gasteiger partial charge in [-0.1, -0.05) is 0 Å². The minimum Gasteiger partial charge on any atom is -0.334 e. The summed E-state index contributed by atoms with van der Waals surface area (Å²) in [5.41, 5.74) is 11.7. The molecule has 4 aromatic heterocycles. The standard InChI is InChI=1S/C29H31FN6O/c1-15-26(24-11-18-6-8-22(17-4-5-17)32-28(18)34(24)12-16-2-3-16)33-36-14-20(10-21(30)27(15)36)29(37)35-13-19-7-9-23(35)25(19)31/h6,8,10-11,14,16-17,19,23,25H,2-5,7,9,12-13,31H2,1H3/t19?,23?,25-/m1/s1. The number of aryl methyl sites for hydroxylation is 1. The van der Waals surface area contributed by atoms with Crippen molar-refractivity contribution >= 4 is 22.5 Å². The first-order valence-corrected chi connectivity index (χ1v) is 13.7. The number of aromatic nitrogens is 4. The van der Waals surface area contributed by atoms with E-state index in [1.54, 1.807) is 10.7 Å². The van der Waals surface area contributed by atoms with Crippen LogP contribution in [0.3, 0.4) is 0 Å². The van der Waals surface area contributed by atoms with Gasteiger partial charge in [0, 0.05) is 53.9 Å². The number of hydrogen-bond acceptors (Lipinski definition) is 4. The van der Waals surface area contributed by atoms with Crippen LogP contribution in [0.1, 0.15) is 66.1 Å². The highest BCUT2D eigenvalue weighted by Gasteiger charge is 2.47. The highest BCUT2D eigenvalue weighted by Crippen LogP contribution is 2.42. The molecule has 8 rings (SSSR count). The molecule has 1 saturated heterocycles. The Hall–Kier alpha value is -3.26. The Kier molecular flexibility index (Phi) is 4.49. The molecule has 2 bridgehead atoms. The van der Waals surface area contributed by atoms with Crippen LogP contribution in [0.25, 0.3) is 27.9 Å². The molecule has 8 heteroatoms. The molecule has 3 aliphatic carbocycles. The molecular formula is C29H31FN6O. The number of carbonyl (C=O) groups is 1. The van der Waals surface area contributed by atoms with Crippen LogP contribution in [0.4, 0.5) is 4.39 Å². The summed E-state index contributed by atoms with van der Waals surface area (Å²) in [5.74, 6) is 1.01. The molecule has 7 nitrogen and oxygen atoms in total. The second kappa shape index (κ2) is 7.63. The van der Waals surface area contributed by atoms with Crippen molar-refractivity contribution < 1.29 is 9.18 Å². The number of piperidine rings is 1. The fourth-order valence-electron chi connectivity index (χ4n) is 6.77. The molecule has 1 amide bonds. The van der Waals surface area contributed by atoms with Gasteiger partial charge in [-0.25, -0.2) is 13.9 Å². The summed E-state index contributed by atoms with van der Waals surface area (Å²) in [6, 6.07) is 7.91. The number of nitrogens with two attached hydrogens (primary N) is 1. The zero-order chi connectivity index (χ0) is 25.0. The molecular weight excluding hydrogens is 467 g/mol. The van der Waals surface area contributed by atoms with Crippen LogP contribution >= 0.6 is 0 Å². The summed E-state index contributed by atoms with van der Waals surface area (Å²) < 4.78 is 19.4. The van der Waals surface area contributed by atoms with E-state index in [1.165, 1.54) is 37.4 Å². The number of rotatable bonds is 5. The van der Waals surface area contributed by atoms with Crippen molar-refractivity contribution in [2.24, 2.45) is 17.6 Å². The average molecular weight is 499 g/mol. The molecule has 4 fully saturated rings. The van der Waals surface area contributed by atoms with Crippen LogP contribution in [-0.4, -0.2) is 48.6 Å². The van der Waals surface area contributed by atoms with Crippen LogP contribution in [0.2, 0.25) is 0 Å². The first-order valence-electron chi connectivity index (χ1n) is 13.7. The largest absolute Gasteiger partial charge is 0.334 e. The Morgan fingerprint density at radius 2 is 1.97 bits per heavy atom. The highest BCUT2D eigenvalue weighted by atomic mass is 19.1. The molecule has 5 heterocycles. The quantitative estimate of drug-likeness (QED) is 0.434. The number of carbonyl (C=O) groups excluding carboxylic acids is 1. The SMILES string of the molecule is Cc1c(-c2cc3ccc(C4CC4)nc3n2CC2CC2)nn2cc(C(=O)N3CC4CCC3[C@@H]4N)cc(F)c12. The van der Waals surface area contributed by atoms with Gasteiger partial charge in [-0.2, -0.15) is 5.10 Å². The summed E-state index contributed by atoms with van der Waals surface area (Å²) in [5, 5.41) is 5.95. The van der Waals surface area contributed by atoms with Crippen molar-refractivity contribution in [2.45, 2.75) is 70.0 Å². The lowest BCUT2D eigenvalue weighted by molar-refractivity contribution is 0.0699. The van der Waals surface area contributed by atoms with Crippen molar-refractivity contribution in [2.75, 3.05) is 6.54 Å². The molecule has 190 valence electrons. The van der Waals surface area contributed by atoms with E-state index in [0.29, 0.717) is 35.4 Å². The third-order valence-electron chi connectivity index (χ3n) is 9.22. The molecule has 3 atom stereocenters. The molecule has 37 heavy (non-hydrogen) atoms. The van der Waals surface area contributed by atoms with E-state index in [-0.39, 0.29) is 18.0 Å². The monoisotopic (exact) mass is 498 g/mol. The second-order valence-corrected chi connectivity index (χ2v) is 11.8. The predicted molar refractivity (Wildman–Crippen MR) is 139 cm³/mol. The van der Waals surface area contributed by atoms with Crippen molar-refractivity contribution in [3.8, 4) is 11.4 Å². The van der Waals surface area contributed by atoms with Gasteiger partial charge in [0.15, 0.2) is 0 Å². The van der Waals surface area contributed by atoms with Crippen LogP contribution < -0.4 is 5.73 Å². The summed E-state index contributed by atoms with van der Waals surface area (Å²) in [6.45, 7) is 3.48. The van der Waals surface area contributed by atoms with Crippen molar-refractivity contribution in [1.82, 2.24) is 24.1 Å². The number of amides is 1. The third kappa shape index (κ3) is 3.31. The predicted octanol–water partition coefficient (Wildman–Crippen LogP) is 4.65. The maximum Gasteiger partial charge on any atom is 0.255 e. The maximum atomic E-state index is 15.5. The fraction of sp³-hybridized carbons (Fsp3) is 0.483. The van der Waals surface area contributed by atoms with Gasteiger partial charge in [-0.15, -0.1) is 0 Å². The molecule has 1 aliphatic heterocycles. The minimum atomic E-state index is -0.422. The smallest absolute Gasteiger partial charge is 0.255 e. The molecule has 0 spiro atoms. The van der Waals surface area contributed by atoms with Crippen LogP contribution in [0, 0.1) is 24.6 Å². The summed E-state index contributed by atoms with van der Waals surface area (Å²) in [4.78, 5) is 20.3. The first-order chi connectivity index (χ1) is 18.0. The van der Waals surface area contributed by atoms with Gasteiger partial charge in [0.1, 0.15) is 22.7 Å². The number of likely N-dealkylation sites (tertiary alicyclic amines) is 1. The number of pyridine rings is 2. The topological polar surface area (TPSA) is 81.5 Å². The molecule has 2 unspecified atom stereocenters. The van der Waals surface area contributed by atoms with Crippen LogP contribution in [0.5, 0.6) is 0 Å². The van der Waals surface area contributed by atoms with E-state index in [0.717, 1.165) is 47.4 Å². The Balaban J connectivity index is 1.23. The van der Waals surface area contributed by atoms with Gasteiger partial charge in [-0.05, 0) is 81.5 Å². The fourth-order valence-corrected chi connectivity index (χ4v) is 6.77. The van der Waals surface area contributed by atoms with Gasteiger partial charge in [0.25, 0.3) is 5.91 Å². The second-order valence-electron chi connectivity index (χ2n) is 11.8. The molecule has 4 aliphatic rings. The zero-order valence-electron chi connectivity index (χ0n) is 21.0. The van der Waals surface area contributed by atoms with E-state index in [2.05, 4.69) is 22.8 Å². The number of halogens is 1. The molecule has 4 aromatic rings. The van der Waals surface area contributed by atoms with Gasteiger partial charge in [0.2, 0.25) is 0 Å². The average Bonchev–Trinajstić information content (AvgIpc) is 3.80. The minimum absolute atomic E-state index is 0.0264. The lowest BCUT2D eigenvalue weighted by Crippen LogP contribution is -2.41. The Morgan fingerprint density at radius 1 is 1.14 bits per heavy atom. The normalized spacial score (nSPS) is 25.2. The summed E-state index contributed by atoms with van der Waals surface area (Å²) >= 11 is 0. The highest BCUT2D eigenvalue weighted by molar-refractivity contribution is 5.95. The van der Waals surface area contributed by atoms with Gasteiger partial charge < -0.3 is 15.2 Å². The van der Waals surface area contributed by atoms with Gasteiger partial charge in [0.05, 0.1) is 11.3 Å². The lowest BCUT2D eigenvalue weighted by atomic mass is 10.1. The van der Waals surface area contributed by atoms with Crippen LogP contribution in [0.15, 0.2) is 30.5 Å². The molecule has 0 aromatic carbocycles. The maximum absolute atomic E-state index is 15.5. The first kappa shape index (κ1) is 21.8. The molecule has 0 radical (unpaired) electrons. The Labute approximate surface area is 214 Å². The molecule has 2 N–H and O–H groups in total. The number of hydrogen-bond donors (Lipinski definition) is 1. The van der Waals surface area contributed by atoms with E-state index in [4.69, 9.17) is 15.8 Å². The third-order valence-corrected chi connectivity index (χ3v) is 9.22. The summed E-state index contributed by atoms with van der Waals surface area (Å²) in [7, 11) is 0. The van der Waals surface area contributed by atoms with E-state index in [9.17, 15) is 4.79 Å². The van der Waals surface area contributed by atoms with Crippen molar-refractivity contribution in [3.05, 3.63) is 53.1 Å².